The van der Waals surface area contributed by atoms with Gasteiger partial charge in [0.05, 0.1) is 120 Å². The summed E-state index contributed by atoms with van der Waals surface area (Å²) in [7, 11) is 3.24. The first kappa shape index (κ1) is 105. The summed E-state index contributed by atoms with van der Waals surface area (Å²) < 4.78 is 67.6. The van der Waals surface area contributed by atoms with E-state index in [9.17, 15) is 44.1 Å². The van der Waals surface area contributed by atoms with E-state index >= 15 is 4.79 Å². The Balaban J connectivity index is 0.631. The number of aliphatic hydroxyl groups excluding tert-OH is 2. The summed E-state index contributed by atoms with van der Waals surface area (Å²) in [6, 6.07) is 4.21. The van der Waals surface area contributed by atoms with E-state index < -0.39 is 89.1 Å². The molecule has 1 aliphatic carbocycles. The normalized spacial score (nSPS) is 25.7. The van der Waals surface area contributed by atoms with Crippen LogP contribution in [0, 0.1) is 35.5 Å². The number of nitrogens with zero attached hydrogens (tertiary/aromatic N) is 10. The Bertz CT molecular complexity index is 4620. The highest BCUT2D eigenvalue weighted by Crippen LogP contribution is 2.41. The number of nitrogens with two attached hydrogens (primary N) is 2. The molecule has 0 radical (unpaired) electrons. The number of hydrogen-bond acceptors (Lipinski definition) is 31. The largest absolute Gasteiger partial charge is 0.460 e. The number of amides is 4. The SMILES string of the molecule is CO[C@H]1C[C@@H]2CC[C@@H](C)[C@@](O)(O2)C(=O)C(=O)N2CCCC[C@H]2C(=O)O[C@H]([C@H](C)C[C@@H]2CC[C@H](n3cc(CCCC(=O)NCCOCCOCCOCCC(=O)NCCOCCOCCOCCC(=O)NCCCCn4nc(-c5ccc6oc(N)nc6c5)c5c(N)ncnc54)nn3)[C@H](OC)C2)C/C(=N/OC(C)(C)C)[C@H](C)/C=C(\C)[C@@H](O)[C@@H](O)C(=O)[C@H](C)C[C@H](C)/C=C/C=CC=C1C. The smallest absolute Gasteiger partial charge is 0.329 e. The van der Waals surface area contributed by atoms with Crippen molar-refractivity contribution in [3.8, 4) is 11.3 Å². The lowest BCUT2D eigenvalue weighted by Crippen LogP contribution is -2.61. The zero-order valence-corrected chi connectivity index (χ0v) is 78.6. The Hall–Kier alpha value is -9.38. The van der Waals surface area contributed by atoms with Crippen molar-refractivity contribution in [2.24, 2.45) is 40.7 Å². The Morgan fingerprint density at radius 2 is 1.40 bits per heavy atom. The minimum Gasteiger partial charge on any atom is -0.460 e. The lowest BCUT2D eigenvalue weighted by molar-refractivity contribution is -0.265. The van der Waals surface area contributed by atoms with E-state index in [1.165, 1.54) is 11.2 Å². The molecule has 1 aromatic carbocycles. The first-order valence-corrected chi connectivity index (χ1v) is 46.5. The Labute approximate surface area is 768 Å². The number of ketones is 2. The van der Waals surface area contributed by atoms with Gasteiger partial charge in [0.2, 0.25) is 23.5 Å². The lowest BCUT2D eigenvalue weighted by atomic mass is 9.77. The molecule has 5 aromatic rings. The third-order valence-electron chi connectivity index (χ3n) is 24.4. The number of aryl methyl sites for hydroxylation is 2. The van der Waals surface area contributed by atoms with Crippen molar-refractivity contribution >= 4 is 80.8 Å². The first-order valence-electron chi connectivity index (χ1n) is 46.5. The molecule has 131 heavy (non-hydrogen) atoms. The summed E-state index contributed by atoms with van der Waals surface area (Å²) in [5, 5.41) is 63.2. The predicted octanol–water partition coefficient (Wildman–Crippen LogP) is 8.74. The van der Waals surface area contributed by atoms with Gasteiger partial charge in [0.15, 0.2) is 17.0 Å². The van der Waals surface area contributed by atoms with E-state index in [0.29, 0.717) is 208 Å². The molecule has 4 amide bonds. The molecule has 9 rings (SSSR count). The van der Waals surface area contributed by atoms with Crippen LogP contribution in [0.15, 0.2) is 87.9 Å². The average molecular weight is 1840 g/mol. The number of unbranched alkanes of at least 4 members (excludes halogenated alkanes) is 1. The number of hydrogen-bond donors (Lipinski definition) is 8. The molecule has 37 nitrogen and oxygen atoms in total. The third-order valence-corrected chi connectivity index (χ3v) is 24.4. The van der Waals surface area contributed by atoms with Gasteiger partial charge in [0, 0.05) is 109 Å². The first-order chi connectivity index (χ1) is 62.8. The minimum atomic E-state index is -2.48. The highest BCUT2D eigenvalue weighted by molar-refractivity contribution is 6.39. The molecule has 37 heteroatoms. The maximum atomic E-state index is 15.1. The molecular weight excluding hydrogens is 1690 g/mol. The molecule has 3 aliphatic heterocycles. The van der Waals surface area contributed by atoms with Crippen molar-refractivity contribution < 1.29 is 106 Å². The van der Waals surface area contributed by atoms with E-state index in [4.69, 9.17) is 78.3 Å². The molecule has 7 heterocycles. The number of carbonyl (C=O) groups excluding carboxylic acids is 7. The number of nitrogens with one attached hydrogen (secondary N) is 3. The van der Waals surface area contributed by atoms with Crippen molar-refractivity contribution in [1.29, 1.82) is 0 Å². The van der Waals surface area contributed by atoms with E-state index in [1.807, 2.05) is 102 Å². The van der Waals surface area contributed by atoms with Crippen LogP contribution in [0.25, 0.3) is 33.4 Å². The van der Waals surface area contributed by atoms with E-state index in [1.54, 1.807) is 51.8 Å². The van der Waals surface area contributed by atoms with Gasteiger partial charge in [-0.3, -0.25) is 28.8 Å². The van der Waals surface area contributed by atoms with Crippen molar-refractivity contribution in [3.05, 3.63) is 84.0 Å². The number of benzene rings is 1. The van der Waals surface area contributed by atoms with Crippen LogP contribution < -0.4 is 27.4 Å². The molecule has 4 aliphatic rings. The van der Waals surface area contributed by atoms with Crippen molar-refractivity contribution in [2.45, 2.75) is 258 Å². The van der Waals surface area contributed by atoms with Crippen LogP contribution in [0.5, 0.6) is 0 Å². The number of oxime groups is 1. The van der Waals surface area contributed by atoms with Gasteiger partial charge in [-0.15, -0.1) is 5.10 Å². The van der Waals surface area contributed by atoms with Gasteiger partial charge in [-0.25, -0.2) is 24.1 Å². The number of anilines is 2. The Morgan fingerprint density at radius 1 is 0.733 bits per heavy atom. The van der Waals surface area contributed by atoms with Crippen LogP contribution in [0.1, 0.15) is 197 Å². The number of Topliss-reactive ketones (excluding diaryl/α,β-unsaturated/α-hetero) is 2. The number of aromatic nitrogens is 8. The number of ether oxygens (including phenoxy) is 10. The van der Waals surface area contributed by atoms with Gasteiger partial charge in [-0.05, 0) is 172 Å². The fourth-order valence-electron chi connectivity index (χ4n) is 16.8. The van der Waals surface area contributed by atoms with Crippen LogP contribution in [0.2, 0.25) is 0 Å². The van der Waals surface area contributed by atoms with Gasteiger partial charge >= 0.3 is 5.97 Å². The number of carbonyl (C=O) groups is 7. The van der Waals surface area contributed by atoms with Crippen LogP contribution in [0.4, 0.5) is 11.8 Å². The molecule has 3 fully saturated rings. The Morgan fingerprint density at radius 3 is 2.07 bits per heavy atom. The highest BCUT2D eigenvalue weighted by atomic mass is 16.7. The second-order valence-electron chi connectivity index (χ2n) is 35.9. The molecule has 4 aromatic heterocycles. The van der Waals surface area contributed by atoms with Crippen molar-refractivity contribution in [3.63, 3.8) is 0 Å². The molecule has 1 saturated carbocycles. The molecule has 2 bridgehead atoms. The van der Waals surface area contributed by atoms with Crippen LogP contribution in [-0.4, -0.2) is 281 Å². The molecule has 0 spiro atoms. The maximum absolute atomic E-state index is 15.1. The number of rotatable bonds is 41. The summed E-state index contributed by atoms with van der Waals surface area (Å²) in [6.45, 7) is 23.8. The number of esters is 1. The lowest BCUT2D eigenvalue weighted by Gasteiger charge is -2.42. The standard InChI is InChI=1S/C94H143N15O22/c1-60-21-14-13-15-22-61(2)76(120-11)56-70-29-26-66(7)94(119,130-70)87(116)90(117)107-37-18-16-24-74(107)91(118)128-77(57-71(105-131-93(8,9)10)62(3)52-65(6)85(114)86(115)84(113)64(5)51-60)63(4)53-67-27-30-73(78(54-67)121-12)109-58-69(103-106-109)23-20-25-79(110)98-35-41-124-45-49-127-48-44-123-40-33-81(112)99-36-42-125-46-50-126-47-43-122-39-32-80(111)97-34-17-19-38-108-89-82(88(95)100-59-101-89)83(104-108)68-28-31-75-72(55-68)102-92(96)129-75/h13-15,21-22,28,31,52,55,58-60,62-64,66-67,70,73-74,76-78,85-86,114-115,119H,16-20,23-27,29-30,32-51,53-54,56-57H2,1-12H3,(H2,96,102)(H,97,111)(H,98,110)(H,99,112)(H2,95,100,101)/b15-13?,21-14+,61-22?,65-52+,105-71-/t60-,62-,63-,64-,66-,67+,70+,73+,74+,76+,77+,78-,85-,86+,94-/m1/s1. The fourth-order valence-corrected chi connectivity index (χ4v) is 16.8. The summed E-state index contributed by atoms with van der Waals surface area (Å²) >= 11 is 0. The maximum Gasteiger partial charge on any atom is 0.329 e. The number of cyclic esters (lactones) is 1. The van der Waals surface area contributed by atoms with Gasteiger partial charge in [-0.1, -0.05) is 81.4 Å². The third kappa shape index (κ3) is 33.0. The summed E-state index contributed by atoms with van der Waals surface area (Å²) in [4.78, 5) is 116. The summed E-state index contributed by atoms with van der Waals surface area (Å²) in [5.74, 6) is -8.27. The zero-order valence-electron chi connectivity index (χ0n) is 78.6. The number of methoxy groups -OCH3 is 2. The predicted molar refractivity (Wildman–Crippen MR) is 489 cm³/mol. The van der Waals surface area contributed by atoms with Crippen molar-refractivity contribution in [2.75, 3.05) is 131 Å². The molecule has 2 saturated heterocycles. The second kappa shape index (κ2) is 53.5. The second-order valence-corrected chi connectivity index (χ2v) is 35.9. The molecule has 10 N–H and O–H groups in total. The number of allylic oxidation sites excluding steroid dienone is 6. The van der Waals surface area contributed by atoms with Crippen LogP contribution in [0.3, 0.4) is 0 Å². The van der Waals surface area contributed by atoms with E-state index in [2.05, 4.69) is 41.2 Å². The van der Waals surface area contributed by atoms with E-state index in [0.717, 1.165) is 29.7 Å². The number of piperidine rings is 1. The summed E-state index contributed by atoms with van der Waals surface area (Å²) in [6.07, 6.45) is 17.6. The van der Waals surface area contributed by atoms with Crippen LogP contribution >= 0.6 is 0 Å². The minimum absolute atomic E-state index is 0.0323. The Kier molecular flexibility index (Phi) is 43.0. The number of aliphatic hydroxyl groups is 3. The monoisotopic (exact) mass is 1830 g/mol. The van der Waals surface area contributed by atoms with Gasteiger partial charge < -0.3 is 104 Å². The van der Waals surface area contributed by atoms with Gasteiger partial charge in [-0.2, -0.15) is 10.1 Å². The topological polar surface area (TPSA) is 486 Å². The van der Waals surface area contributed by atoms with Gasteiger partial charge in [0.1, 0.15) is 53.3 Å². The number of fused-ring (bicyclic) bond motifs is 5. The molecule has 15 atom stereocenters. The molecule has 0 unspecified atom stereocenters. The quantitative estimate of drug-likeness (QED) is 0.00595. The number of nitrogen functional groups attached to an aromatic ring is 2. The highest BCUT2D eigenvalue weighted by Gasteiger charge is 2.53. The number of oxazole rings is 1. The molecule has 726 valence electrons. The van der Waals surface area contributed by atoms with Gasteiger partial charge in [0.25, 0.3) is 17.7 Å². The van der Waals surface area contributed by atoms with Crippen LogP contribution in [-0.2, 0) is 98.7 Å². The average Bonchev–Trinajstić information content (AvgIpc) is 1.57. The molecular formula is C94H143N15O22. The zero-order chi connectivity index (χ0) is 94.6. The summed E-state index contributed by atoms with van der Waals surface area (Å²) in [5.41, 5.74) is 16.8. The fraction of sp³-hybridized carbons (Fsp3) is 0.681. The van der Waals surface area contributed by atoms with E-state index in [-0.39, 0.29) is 112 Å². The van der Waals surface area contributed by atoms with Crippen molar-refractivity contribution in [1.82, 2.24) is 60.6 Å².